The summed E-state index contributed by atoms with van der Waals surface area (Å²) in [6.45, 7) is 2.07. The fourth-order valence-corrected chi connectivity index (χ4v) is 1.52. The molecule has 2 atom stereocenters. The zero-order valence-corrected chi connectivity index (χ0v) is 8.97. The van der Waals surface area contributed by atoms with Crippen LogP contribution in [0.2, 0.25) is 0 Å². The van der Waals surface area contributed by atoms with Crippen LogP contribution < -0.4 is 0 Å². The lowest BCUT2D eigenvalue weighted by atomic mass is 10.1. The molecule has 14 heavy (non-hydrogen) atoms. The molecule has 1 aromatic heterocycles. The molecule has 0 bridgehead atoms. The number of hydrogen-bond donors (Lipinski definition) is 1. The van der Waals surface area contributed by atoms with E-state index in [1.165, 1.54) is 0 Å². The Morgan fingerprint density at radius 1 is 1.64 bits per heavy atom. The Balaban J connectivity index is 2.72. The number of aromatic nitrogens is 2. The quantitative estimate of drug-likeness (QED) is 0.775. The van der Waals surface area contributed by atoms with E-state index >= 15 is 0 Å². The van der Waals surface area contributed by atoms with Gasteiger partial charge in [-0.3, -0.25) is 0 Å². The number of ether oxygens (including phenoxy) is 1. The number of aliphatic hydroxyl groups excluding tert-OH is 1. The molecule has 0 spiro atoms. The second-order valence-electron chi connectivity index (χ2n) is 3.40. The molecule has 80 valence electrons. The van der Waals surface area contributed by atoms with E-state index < -0.39 is 6.10 Å². The maximum absolute atomic E-state index is 9.97. The molecule has 0 aliphatic heterocycles. The molecule has 0 amide bonds. The molecular formula is C10H18N2O2. The van der Waals surface area contributed by atoms with Crippen LogP contribution in [0, 0.1) is 0 Å². The summed E-state index contributed by atoms with van der Waals surface area (Å²) in [5.74, 6) is 0.658. The fraction of sp³-hybridized carbons (Fsp3) is 0.700. The van der Waals surface area contributed by atoms with Gasteiger partial charge in [-0.1, -0.05) is 13.3 Å². The maximum atomic E-state index is 9.97. The topological polar surface area (TPSA) is 47.3 Å². The zero-order chi connectivity index (χ0) is 10.6. The summed E-state index contributed by atoms with van der Waals surface area (Å²) in [5, 5.41) is 9.97. The zero-order valence-electron chi connectivity index (χ0n) is 8.97. The van der Waals surface area contributed by atoms with Crippen LogP contribution in [0.4, 0.5) is 0 Å². The molecule has 1 N–H and O–H groups in total. The third kappa shape index (κ3) is 2.33. The van der Waals surface area contributed by atoms with Crippen LogP contribution >= 0.6 is 0 Å². The highest BCUT2D eigenvalue weighted by molar-refractivity contribution is 4.98. The van der Waals surface area contributed by atoms with Crippen LogP contribution in [-0.2, 0) is 11.8 Å². The van der Waals surface area contributed by atoms with Crippen molar-refractivity contribution >= 4 is 0 Å². The van der Waals surface area contributed by atoms with Crippen LogP contribution in [0.25, 0.3) is 0 Å². The van der Waals surface area contributed by atoms with Crippen molar-refractivity contribution in [3.8, 4) is 0 Å². The van der Waals surface area contributed by atoms with Crippen LogP contribution in [0.1, 0.15) is 31.7 Å². The predicted molar refractivity (Wildman–Crippen MR) is 53.9 cm³/mol. The Bertz CT molecular complexity index is 273. The summed E-state index contributed by atoms with van der Waals surface area (Å²) in [7, 11) is 3.48. The molecule has 4 heteroatoms. The van der Waals surface area contributed by atoms with Crippen LogP contribution in [0.15, 0.2) is 12.4 Å². The SMILES string of the molecule is CCCC(OC)C(O)c1nccn1C. The molecule has 2 unspecified atom stereocenters. The lowest BCUT2D eigenvalue weighted by molar-refractivity contribution is -0.0233. The summed E-state index contributed by atoms with van der Waals surface area (Å²) < 4.78 is 7.04. The first-order valence-corrected chi connectivity index (χ1v) is 4.88. The predicted octanol–water partition coefficient (Wildman–Crippen LogP) is 1.27. The molecule has 1 heterocycles. The third-order valence-corrected chi connectivity index (χ3v) is 2.35. The van der Waals surface area contributed by atoms with E-state index in [9.17, 15) is 5.11 Å². The van der Waals surface area contributed by atoms with Gasteiger partial charge >= 0.3 is 0 Å². The molecule has 0 aromatic carbocycles. The van der Waals surface area contributed by atoms with Gasteiger partial charge in [-0.05, 0) is 6.42 Å². The highest BCUT2D eigenvalue weighted by atomic mass is 16.5. The van der Waals surface area contributed by atoms with E-state index in [0.717, 1.165) is 12.8 Å². The van der Waals surface area contributed by atoms with Gasteiger partial charge in [0.05, 0.1) is 6.10 Å². The Labute approximate surface area is 84.5 Å². The monoisotopic (exact) mass is 198 g/mol. The van der Waals surface area contributed by atoms with Gasteiger partial charge in [0.1, 0.15) is 11.9 Å². The van der Waals surface area contributed by atoms with Gasteiger partial charge in [0.15, 0.2) is 0 Å². The number of aryl methyl sites for hydroxylation is 1. The second kappa shape index (κ2) is 5.12. The number of methoxy groups -OCH3 is 1. The van der Waals surface area contributed by atoms with Crippen molar-refractivity contribution in [1.29, 1.82) is 0 Å². The molecule has 1 rings (SSSR count). The van der Waals surface area contributed by atoms with Crippen molar-refractivity contribution in [3.05, 3.63) is 18.2 Å². The maximum Gasteiger partial charge on any atom is 0.140 e. The average Bonchev–Trinajstić information content (AvgIpc) is 2.59. The molecule has 0 fully saturated rings. The lowest BCUT2D eigenvalue weighted by Gasteiger charge is -2.20. The number of hydrogen-bond acceptors (Lipinski definition) is 3. The minimum atomic E-state index is -0.639. The van der Waals surface area contributed by atoms with E-state index in [1.54, 1.807) is 13.3 Å². The van der Waals surface area contributed by atoms with Gasteiger partial charge in [-0.25, -0.2) is 4.98 Å². The summed E-state index contributed by atoms with van der Waals surface area (Å²) >= 11 is 0. The Kier molecular flexibility index (Phi) is 4.10. The average molecular weight is 198 g/mol. The van der Waals surface area contributed by atoms with E-state index in [0.29, 0.717) is 5.82 Å². The molecule has 0 aliphatic rings. The summed E-state index contributed by atoms with van der Waals surface area (Å²) in [5.41, 5.74) is 0. The Hall–Kier alpha value is -0.870. The van der Waals surface area contributed by atoms with Gasteiger partial charge in [0.2, 0.25) is 0 Å². The van der Waals surface area contributed by atoms with Crippen molar-refractivity contribution < 1.29 is 9.84 Å². The van der Waals surface area contributed by atoms with Gasteiger partial charge in [0.25, 0.3) is 0 Å². The minimum Gasteiger partial charge on any atom is -0.382 e. The molecule has 0 saturated carbocycles. The lowest BCUT2D eigenvalue weighted by Crippen LogP contribution is -2.23. The molecule has 1 aromatic rings. The Morgan fingerprint density at radius 3 is 2.79 bits per heavy atom. The largest absolute Gasteiger partial charge is 0.382 e. The second-order valence-corrected chi connectivity index (χ2v) is 3.40. The third-order valence-electron chi connectivity index (χ3n) is 2.35. The fourth-order valence-electron chi connectivity index (χ4n) is 1.52. The number of nitrogens with zero attached hydrogens (tertiary/aromatic N) is 2. The van der Waals surface area contributed by atoms with Crippen LogP contribution in [0.5, 0.6) is 0 Å². The van der Waals surface area contributed by atoms with Crippen molar-refractivity contribution in [2.24, 2.45) is 7.05 Å². The first kappa shape index (κ1) is 11.2. The summed E-state index contributed by atoms with van der Waals surface area (Å²) in [6.07, 6.45) is 4.51. The molecule has 0 saturated heterocycles. The van der Waals surface area contributed by atoms with Crippen molar-refractivity contribution in [3.63, 3.8) is 0 Å². The highest BCUT2D eigenvalue weighted by Crippen LogP contribution is 2.19. The van der Waals surface area contributed by atoms with E-state index in [2.05, 4.69) is 11.9 Å². The van der Waals surface area contributed by atoms with Crippen molar-refractivity contribution in [2.75, 3.05) is 7.11 Å². The molecular weight excluding hydrogens is 180 g/mol. The van der Waals surface area contributed by atoms with Crippen molar-refractivity contribution in [2.45, 2.75) is 32.0 Å². The smallest absolute Gasteiger partial charge is 0.140 e. The van der Waals surface area contributed by atoms with E-state index in [4.69, 9.17) is 4.74 Å². The van der Waals surface area contributed by atoms with Gasteiger partial charge < -0.3 is 14.4 Å². The normalized spacial score (nSPS) is 15.4. The van der Waals surface area contributed by atoms with Gasteiger partial charge in [-0.15, -0.1) is 0 Å². The van der Waals surface area contributed by atoms with Crippen molar-refractivity contribution in [1.82, 2.24) is 9.55 Å². The first-order valence-electron chi connectivity index (χ1n) is 4.88. The molecule has 4 nitrogen and oxygen atoms in total. The highest BCUT2D eigenvalue weighted by Gasteiger charge is 2.22. The summed E-state index contributed by atoms with van der Waals surface area (Å²) in [6, 6.07) is 0. The standard InChI is InChI=1S/C10H18N2O2/c1-4-5-8(14-3)9(13)10-11-6-7-12(10)2/h6-9,13H,4-5H2,1-3H3. The number of rotatable bonds is 5. The van der Waals surface area contributed by atoms with Crippen LogP contribution in [0.3, 0.4) is 0 Å². The number of aliphatic hydroxyl groups is 1. The van der Waals surface area contributed by atoms with Gasteiger partial charge in [0, 0.05) is 26.6 Å². The minimum absolute atomic E-state index is 0.166. The van der Waals surface area contributed by atoms with Gasteiger partial charge in [-0.2, -0.15) is 0 Å². The van der Waals surface area contributed by atoms with E-state index in [1.807, 2.05) is 17.8 Å². The molecule has 0 radical (unpaired) electrons. The van der Waals surface area contributed by atoms with Crippen LogP contribution in [-0.4, -0.2) is 27.9 Å². The molecule has 0 aliphatic carbocycles. The number of imidazole rings is 1. The Morgan fingerprint density at radius 2 is 2.36 bits per heavy atom. The first-order chi connectivity index (χ1) is 6.70. The summed E-state index contributed by atoms with van der Waals surface area (Å²) in [4.78, 5) is 4.10. The van der Waals surface area contributed by atoms with E-state index in [-0.39, 0.29) is 6.10 Å².